The number of nitrogens with zero attached hydrogens (tertiary/aromatic N) is 3. The van der Waals surface area contributed by atoms with Crippen molar-refractivity contribution in [1.29, 1.82) is 0 Å². The molecule has 3 heterocycles. The van der Waals surface area contributed by atoms with Gasteiger partial charge in [-0.2, -0.15) is 0 Å². The Bertz CT molecular complexity index is 806. The number of likely N-dealkylation sites (tertiary alicyclic amines) is 1. The number of carboxylic acid groups (broad SMARTS) is 1. The predicted molar refractivity (Wildman–Crippen MR) is 90.9 cm³/mol. The second-order valence-corrected chi connectivity index (χ2v) is 6.68. The van der Waals surface area contributed by atoms with Crippen LogP contribution in [-0.2, 0) is 4.79 Å². The second kappa shape index (κ2) is 6.33. The minimum Gasteiger partial charge on any atom is -0.530 e. The van der Waals surface area contributed by atoms with E-state index in [0.29, 0.717) is 13.1 Å². The number of amides is 2. The fourth-order valence-electron chi connectivity index (χ4n) is 4.02. The monoisotopic (exact) mass is 339 g/mol. The van der Waals surface area contributed by atoms with Crippen molar-refractivity contribution in [2.24, 2.45) is 0 Å². The molecule has 2 atom stereocenters. The van der Waals surface area contributed by atoms with Gasteiger partial charge in [0.2, 0.25) is 5.91 Å². The number of nitrogens with one attached hydrogen (secondary N) is 1. The lowest BCUT2D eigenvalue weighted by Gasteiger charge is -2.42. The van der Waals surface area contributed by atoms with Gasteiger partial charge in [0.25, 0.3) is 0 Å². The van der Waals surface area contributed by atoms with Gasteiger partial charge < -0.3 is 20.1 Å². The topological polar surface area (TPSA) is 88.6 Å². The van der Waals surface area contributed by atoms with E-state index in [4.69, 9.17) is 0 Å². The lowest BCUT2D eigenvalue weighted by molar-refractivity contribution is -0.270. The number of aromatic nitrogens is 1. The Labute approximate surface area is 145 Å². The molecule has 4 rings (SSSR count). The van der Waals surface area contributed by atoms with Gasteiger partial charge in [0, 0.05) is 36.8 Å². The van der Waals surface area contributed by atoms with E-state index < -0.39 is 6.09 Å². The molecule has 2 aromatic rings. The summed E-state index contributed by atoms with van der Waals surface area (Å²) in [6.07, 6.45) is 2.30. The lowest BCUT2D eigenvalue weighted by Crippen LogP contribution is -2.59. The minimum atomic E-state index is -1.10. The van der Waals surface area contributed by atoms with Crippen LogP contribution in [0.15, 0.2) is 36.5 Å². The van der Waals surface area contributed by atoms with Gasteiger partial charge in [-0.05, 0) is 37.1 Å². The van der Waals surface area contributed by atoms with Crippen molar-refractivity contribution in [2.75, 3.05) is 25.0 Å². The van der Waals surface area contributed by atoms with Crippen molar-refractivity contribution < 1.29 is 14.7 Å². The molecule has 0 radical (unpaired) electrons. The van der Waals surface area contributed by atoms with E-state index in [1.807, 2.05) is 35.2 Å². The van der Waals surface area contributed by atoms with Crippen LogP contribution in [0.1, 0.15) is 12.8 Å². The highest BCUT2D eigenvalue weighted by molar-refractivity contribution is 6.01. The molecule has 2 fully saturated rings. The molecule has 1 aromatic heterocycles. The van der Waals surface area contributed by atoms with Crippen LogP contribution < -0.4 is 10.4 Å². The van der Waals surface area contributed by atoms with Crippen molar-refractivity contribution in [3.05, 3.63) is 36.5 Å². The zero-order chi connectivity index (χ0) is 17.4. The maximum Gasteiger partial charge on any atom is 0.238 e. The number of fused-ring (bicyclic) bond motifs is 3. The van der Waals surface area contributed by atoms with Crippen molar-refractivity contribution in [1.82, 2.24) is 14.8 Å². The molecule has 7 heteroatoms. The standard InChI is InChI=1S/C18H20N4O3/c23-17(20-16-5-1-4-15-14(16)3-2-8-19-15)11-21-9-12-6-7-13(10-21)22(12)18(24)25/h1-5,8,12-13H,6-7,9-11H2,(H,20,23)(H,24,25)/p-1. The number of hydrogen-bond donors (Lipinski definition) is 1. The number of carbonyl (C=O) groups excluding carboxylic acids is 2. The van der Waals surface area contributed by atoms with E-state index >= 15 is 0 Å². The van der Waals surface area contributed by atoms with E-state index in [1.54, 1.807) is 6.20 Å². The molecule has 1 N–H and O–H groups in total. The van der Waals surface area contributed by atoms with Crippen LogP contribution in [0.5, 0.6) is 0 Å². The minimum absolute atomic E-state index is 0.0571. The third-order valence-corrected chi connectivity index (χ3v) is 5.06. The Morgan fingerprint density at radius 1 is 1.16 bits per heavy atom. The first-order valence-corrected chi connectivity index (χ1v) is 8.47. The summed E-state index contributed by atoms with van der Waals surface area (Å²) in [6.45, 7) is 1.41. The van der Waals surface area contributed by atoms with Gasteiger partial charge in [-0.3, -0.25) is 14.7 Å². The van der Waals surface area contributed by atoms with Crippen molar-refractivity contribution in [2.45, 2.75) is 24.9 Å². The highest BCUT2D eigenvalue weighted by atomic mass is 16.4. The molecule has 2 aliphatic heterocycles. The molecule has 2 saturated heterocycles. The van der Waals surface area contributed by atoms with Crippen LogP contribution in [0.2, 0.25) is 0 Å². The fraction of sp³-hybridized carbons (Fsp3) is 0.389. The molecule has 2 unspecified atom stereocenters. The van der Waals surface area contributed by atoms with Gasteiger partial charge in [0.1, 0.15) is 6.09 Å². The number of benzene rings is 1. The molecule has 0 aliphatic carbocycles. The highest BCUT2D eigenvalue weighted by Gasteiger charge is 2.40. The van der Waals surface area contributed by atoms with Crippen LogP contribution in [0.25, 0.3) is 10.9 Å². The molecule has 2 amide bonds. The third kappa shape index (κ3) is 3.02. The van der Waals surface area contributed by atoms with Gasteiger partial charge in [0.15, 0.2) is 0 Å². The summed E-state index contributed by atoms with van der Waals surface area (Å²) in [6, 6.07) is 9.29. The van der Waals surface area contributed by atoms with Crippen LogP contribution >= 0.6 is 0 Å². The summed E-state index contributed by atoms with van der Waals surface area (Å²) < 4.78 is 0. The average Bonchev–Trinajstić information content (AvgIpc) is 2.87. The molecule has 0 spiro atoms. The fourth-order valence-corrected chi connectivity index (χ4v) is 4.02. The van der Waals surface area contributed by atoms with Gasteiger partial charge in [-0.1, -0.05) is 6.07 Å². The zero-order valence-corrected chi connectivity index (χ0v) is 13.7. The number of piperazine rings is 1. The summed E-state index contributed by atoms with van der Waals surface area (Å²) >= 11 is 0. The number of anilines is 1. The Morgan fingerprint density at radius 2 is 1.92 bits per heavy atom. The number of pyridine rings is 1. The van der Waals surface area contributed by atoms with Gasteiger partial charge in [0.05, 0.1) is 17.7 Å². The van der Waals surface area contributed by atoms with E-state index in [9.17, 15) is 14.7 Å². The Morgan fingerprint density at radius 3 is 2.64 bits per heavy atom. The molecule has 130 valence electrons. The first kappa shape index (κ1) is 15.8. The van der Waals surface area contributed by atoms with Crippen LogP contribution in [0.3, 0.4) is 0 Å². The summed E-state index contributed by atoms with van der Waals surface area (Å²) in [4.78, 5) is 31.4. The smallest absolute Gasteiger partial charge is 0.238 e. The highest BCUT2D eigenvalue weighted by Crippen LogP contribution is 2.29. The normalized spacial score (nSPS) is 23.0. The van der Waals surface area contributed by atoms with Gasteiger partial charge in [-0.15, -0.1) is 0 Å². The van der Waals surface area contributed by atoms with Crippen molar-refractivity contribution in [3.63, 3.8) is 0 Å². The quantitative estimate of drug-likeness (QED) is 0.888. The SMILES string of the molecule is O=C(CN1CC2CCC(C1)N2C(=O)[O-])Nc1cccc2ncccc12. The predicted octanol–water partition coefficient (Wildman–Crippen LogP) is 0.665. The first-order chi connectivity index (χ1) is 12.1. The zero-order valence-electron chi connectivity index (χ0n) is 13.7. The van der Waals surface area contributed by atoms with E-state index in [1.165, 1.54) is 4.90 Å². The van der Waals surface area contributed by atoms with Crippen LogP contribution in [-0.4, -0.2) is 58.5 Å². The Balaban J connectivity index is 1.42. The van der Waals surface area contributed by atoms with Crippen LogP contribution in [0.4, 0.5) is 10.5 Å². The molecule has 1 aromatic carbocycles. The molecule has 2 bridgehead atoms. The summed E-state index contributed by atoms with van der Waals surface area (Å²) in [5.74, 6) is -0.0994. The Kier molecular flexibility index (Phi) is 4.01. The molecule has 0 saturated carbocycles. The van der Waals surface area contributed by atoms with E-state index in [-0.39, 0.29) is 24.5 Å². The molecule has 7 nitrogen and oxygen atoms in total. The average molecular weight is 339 g/mol. The van der Waals surface area contributed by atoms with Gasteiger partial charge >= 0.3 is 0 Å². The molecular formula is C18H19N4O3-. The second-order valence-electron chi connectivity index (χ2n) is 6.68. The molecular weight excluding hydrogens is 320 g/mol. The summed E-state index contributed by atoms with van der Waals surface area (Å²) in [5, 5.41) is 15.1. The first-order valence-electron chi connectivity index (χ1n) is 8.47. The maximum absolute atomic E-state index is 12.5. The number of rotatable bonds is 3. The third-order valence-electron chi connectivity index (χ3n) is 5.06. The van der Waals surface area contributed by atoms with Crippen molar-refractivity contribution in [3.8, 4) is 0 Å². The van der Waals surface area contributed by atoms with Crippen molar-refractivity contribution >= 4 is 28.6 Å². The maximum atomic E-state index is 12.5. The summed E-state index contributed by atoms with van der Waals surface area (Å²) in [7, 11) is 0. The Hall–Kier alpha value is -2.67. The number of hydrogen-bond acceptors (Lipinski definition) is 5. The van der Waals surface area contributed by atoms with Gasteiger partial charge in [-0.25, -0.2) is 0 Å². The lowest BCUT2D eigenvalue weighted by atomic mass is 10.1. The summed E-state index contributed by atoms with van der Waals surface area (Å²) in [5.41, 5.74) is 1.58. The molecule has 25 heavy (non-hydrogen) atoms. The molecule has 2 aliphatic rings. The number of carbonyl (C=O) groups is 2. The van der Waals surface area contributed by atoms with E-state index in [2.05, 4.69) is 10.3 Å². The van der Waals surface area contributed by atoms with Crippen LogP contribution in [0, 0.1) is 0 Å². The van der Waals surface area contributed by atoms with E-state index in [0.717, 1.165) is 29.4 Å². The largest absolute Gasteiger partial charge is 0.530 e.